The molecule has 0 aliphatic heterocycles. The summed E-state index contributed by atoms with van der Waals surface area (Å²) in [6, 6.07) is 13.3. The van der Waals surface area contributed by atoms with Gasteiger partial charge in [0.2, 0.25) is 0 Å². The topological polar surface area (TPSA) is 26.0 Å². The fourth-order valence-electron chi connectivity index (χ4n) is 2.60. The molecule has 0 fully saturated rings. The van der Waals surface area contributed by atoms with Gasteiger partial charge in [0, 0.05) is 6.54 Å². The Bertz CT molecular complexity index is 570. The van der Waals surface area contributed by atoms with Crippen molar-refractivity contribution in [3.05, 3.63) is 58.7 Å². The second-order valence-corrected chi connectivity index (χ2v) is 5.06. The monoisotopic (exact) mass is 253 g/mol. The second kappa shape index (κ2) is 6.03. The molecule has 2 N–H and O–H groups in total. The molecule has 0 heterocycles. The zero-order valence-electron chi connectivity index (χ0n) is 12.2. The molecule has 0 aliphatic rings. The van der Waals surface area contributed by atoms with E-state index in [1.807, 2.05) is 0 Å². The lowest BCUT2D eigenvalue weighted by Gasteiger charge is -2.13. The first-order chi connectivity index (χ1) is 9.19. The van der Waals surface area contributed by atoms with Gasteiger partial charge in [0.25, 0.3) is 0 Å². The molecule has 2 aromatic carbocycles. The lowest BCUT2D eigenvalue weighted by molar-refractivity contribution is 1.04. The highest BCUT2D eigenvalue weighted by Gasteiger charge is 2.07. The fourth-order valence-corrected chi connectivity index (χ4v) is 2.60. The van der Waals surface area contributed by atoms with Crippen LogP contribution in [0.1, 0.15) is 36.1 Å². The maximum atomic E-state index is 5.86. The highest BCUT2D eigenvalue weighted by atomic mass is 14.5. The lowest BCUT2D eigenvalue weighted by Crippen LogP contribution is -2.00. The van der Waals surface area contributed by atoms with Gasteiger partial charge in [-0.3, -0.25) is 0 Å². The number of aryl methyl sites for hydroxylation is 3. The SMILES string of the molecule is CCc1ccc(-c2cc(C)ccc2CN)cc1CC. The molecule has 1 nitrogen and oxygen atoms in total. The summed E-state index contributed by atoms with van der Waals surface area (Å²) in [6.07, 6.45) is 2.18. The summed E-state index contributed by atoms with van der Waals surface area (Å²) in [7, 11) is 0. The van der Waals surface area contributed by atoms with Gasteiger partial charge in [-0.2, -0.15) is 0 Å². The largest absolute Gasteiger partial charge is 0.326 e. The average molecular weight is 253 g/mol. The molecule has 100 valence electrons. The molecule has 0 aliphatic carbocycles. The number of hydrogen-bond donors (Lipinski definition) is 1. The molecule has 0 atom stereocenters. The van der Waals surface area contributed by atoms with Crippen LogP contribution < -0.4 is 5.73 Å². The van der Waals surface area contributed by atoms with E-state index in [1.165, 1.54) is 33.4 Å². The Kier molecular flexibility index (Phi) is 4.39. The van der Waals surface area contributed by atoms with Gasteiger partial charge in [-0.1, -0.05) is 55.8 Å². The van der Waals surface area contributed by atoms with Crippen molar-refractivity contribution >= 4 is 0 Å². The summed E-state index contributed by atoms with van der Waals surface area (Å²) in [5.41, 5.74) is 13.8. The Labute approximate surface area is 116 Å². The van der Waals surface area contributed by atoms with Crippen LogP contribution in [0.15, 0.2) is 36.4 Å². The summed E-state index contributed by atoms with van der Waals surface area (Å²) in [4.78, 5) is 0. The maximum absolute atomic E-state index is 5.86. The van der Waals surface area contributed by atoms with Crippen molar-refractivity contribution in [2.75, 3.05) is 0 Å². The Morgan fingerprint density at radius 3 is 2.16 bits per heavy atom. The number of benzene rings is 2. The van der Waals surface area contributed by atoms with Crippen LogP contribution in [0.25, 0.3) is 11.1 Å². The van der Waals surface area contributed by atoms with E-state index < -0.39 is 0 Å². The molecular formula is C18H23N. The number of hydrogen-bond acceptors (Lipinski definition) is 1. The minimum absolute atomic E-state index is 0.590. The zero-order chi connectivity index (χ0) is 13.8. The molecule has 19 heavy (non-hydrogen) atoms. The van der Waals surface area contributed by atoms with Crippen molar-refractivity contribution in [2.24, 2.45) is 5.73 Å². The smallest absolute Gasteiger partial charge is 0.0184 e. The molecule has 0 saturated heterocycles. The van der Waals surface area contributed by atoms with E-state index in [2.05, 4.69) is 57.2 Å². The predicted molar refractivity (Wildman–Crippen MR) is 83.3 cm³/mol. The van der Waals surface area contributed by atoms with Crippen molar-refractivity contribution in [1.29, 1.82) is 0 Å². The molecule has 2 aromatic rings. The normalized spacial score (nSPS) is 10.7. The van der Waals surface area contributed by atoms with E-state index in [1.54, 1.807) is 0 Å². The maximum Gasteiger partial charge on any atom is 0.0184 e. The molecule has 0 bridgehead atoms. The summed E-state index contributed by atoms with van der Waals surface area (Å²) < 4.78 is 0. The van der Waals surface area contributed by atoms with Crippen molar-refractivity contribution in [3.63, 3.8) is 0 Å². The zero-order valence-corrected chi connectivity index (χ0v) is 12.2. The molecule has 0 saturated carbocycles. The first kappa shape index (κ1) is 13.8. The quantitative estimate of drug-likeness (QED) is 0.866. The van der Waals surface area contributed by atoms with Gasteiger partial charge in [0.05, 0.1) is 0 Å². The summed E-state index contributed by atoms with van der Waals surface area (Å²) in [6.45, 7) is 7.15. The standard InChI is InChI=1S/C18H23N/c1-4-14-8-9-16(11-15(14)5-2)18-10-13(3)6-7-17(18)12-19/h6-11H,4-5,12,19H2,1-3H3. The molecule has 0 amide bonds. The molecule has 0 spiro atoms. The fraction of sp³-hybridized carbons (Fsp3) is 0.333. The molecule has 1 heteroatoms. The van der Waals surface area contributed by atoms with Crippen molar-refractivity contribution in [1.82, 2.24) is 0 Å². The van der Waals surface area contributed by atoms with E-state index in [0.717, 1.165) is 12.8 Å². The Hall–Kier alpha value is -1.60. The van der Waals surface area contributed by atoms with Crippen LogP contribution in [-0.4, -0.2) is 0 Å². The third kappa shape index (κ3) is 2.87. The number of nitrogens with two attached hydrogens (primary N) is 1. The van der Waals surface area contributed by atoms with Crippen LogP contribution in [0.4, 0.5) is 0 Å². The predicted octanol–water partition coefficient (Wildman–Crippen LogP) is 4.25. The Morgan fingerprint density at radius 1 is 0.842 bits per heavy atom. The Balaban J connectivity index is 2.55. The van der Waals surface area contributed by atoms with Gasteiger partial charge in [-0.25, -0.2) is 0 Å². The lowest BCUT2D eigenvalue weighted by atomic mass is 9.93. The van der Waals surface area contributed by atoms with E-state index in [0.29, 0.717) is 6.54 Å². The van der Waals surface area contributed by atoms with Gasteiger partial charge in [-0.05, 0) is 47.6 Å². The van der Waals surface area contributed by atoms with Gasteiger partial charge in [0.15, 0.2) is 0 Å². The van der Waals surface area contributed by atoms with Gasteiger partial charge in [0.1, 0.15) is 0 Å². The molecule has 0 aromatic heterocycles. The first-order valence-electron chi connectivity index (χ1n) is 7.11. The van der Waals surface area contributed by atoms with Crippen molar-refractivity contribution in [3.8, 4) is 11.1 Å². The van der Waals surface area contributed by atoms with Gasteiger partial charge >= 0.3 is 0 Å². The highest BCUT2D eigenvalue weighted by molar-refractivity contribution is 5.69. The van der Waals surface area contributed by atoms with Crippen LogP contribution >= 0.6 is 0 Å². The van der Waals surface area contributed by atoms with Crippen molar-refractivity contribution < 1.29 is 0 Å². The molecule has 0 unspecified atom stereocenters. The molecular weight excluding hydrogens is 230 g/mol. The van der Waals surface area contributed by atoms with Crippen LogP contribution in [-0.2, 0) is 19.4 Å². The summed E-state index contributed by atoms with van der Waals surface area (Å²) >= 11 is 0. The van der Waals surface area contributed by atoms with E-state index >= 15 is 0 Å². The van der Waals surface area contributed by atoms with Gasteiger partial charge in [-0.15, -0.1) is 0 Å². The van der Waals surface area contributed by atoms with Crippen LogP contribution in [0.2, 0.25) is 0 Å². The highest BCUT2D eigenvalue weighted by Crippen LogP contribution is 2.27. The van der Waals surface area contributed by atoms with Gasteiger partial charge < -0.3 is 5.73 Å². The number of rotatable bonds is 4. The minimum atomic E-state index is 0.590. The van der Waals surface area contributed by atoms with E-state index in [9.17, 15) is 0 Å². The molecule has 0 radical (unpaired) electrons. The van der Waals surface area contributed by atoms with Crippen molar-refractivity contribution in [2.45, 2.75) is 40.2 Å². The Morgan fingerprint density at radius 2 is 1.53 bits per heavy atom. The van der Waals surface area contributed by atoms with Crippen LogP contribution in [0.3, 0.4) is 0 Å². The van der Waals surface area contributed by atoms with Crippen LogP contribution in [0, 0.1) is 6.92 Å². The molecule has 2 rings (SSSR count). The first-order valence-corrected chi connectivity index (χ1v) is 7.11. The summed E-state index contributed by atoms with van der Waals surface area (Å²) in [5.74, 6) is 0. The van der Waals surface area contributed by atoms with E-state index in [4.69, 9.17) is 5.73 Å². The second-order valence-electron chi connectivity index (χ2n) is 5.06. The summed E-state index contributed by atoms with van der Waals surface area (Å²) in [5, 5.41) is 0. The van der Waals surface area contributed by atoms with E-state index in [-0.39, 0.29) is 0 Å². The third-order valence-electron chi connectivity index (χ3n) is 3.76. The average Bonchev–Trinajstić information content (AvgIpc) is 2.46. The minimum Gasteiger partial charge on any atom is -0.326 e. The van der Waals surface area contributed by atoms with Crippen LogP contribution in [0.5, 0.6) is 0 Å². The third-order valence-corrected chi connectivity index (χ3v) is 3.76.